The number of ether oxygens (including phenoxy) is 1. The van der Waals surface area contributed by atoms with Crippen LogP contribution in [0.5, 0.6) is 5.75 Å². The second-order valence-corrected chi connectivity index (χ2v) is 7.05. The molecule has 1 saturated heterocycles. The van der Waals surface area contributed by atoms with Gasteiger partial charge in [-0.3, -0.25) is 4.79 Å². The van der Waals surface area contributed by atoms with Crippen molar-refractivity contribution in [3.63, 3.8) is 0 Å². The Kier molecular flexibility index (Phi) is 6.01. The molecule has 7 nitrogen and oxygen atoms in total. The molecule has 0 spiro atoms. The summed E-state index contributed by atoms with van der Waals surface area (Å²) in [7, 11) is 1.64. The van der Waals surface area contributed by atoms with Crippen molar-refractivity contribution in [2.24, 2.45) is 0 Å². The summed E-state index contributed by atoms with van der Waals surface area (Å²) < 4.78 is 7.60. The number of amides is 1. The van der Waals surface area contributed by atoms with Gasteiger partial charge in [0.1, 0.15) is 17.4 Å². The van der Waals surface area contributed by atoms with Crippen LogP contribution in [0.3, 0.4) is 0 Å². The van der Waals surface area contributed by atoms with Crippen LogP contribution in [0.2, 0.25) is 0 Å². The van der Waals surface area contributed by atoms with Crippen molar-refractivity contribution in [1.82, 2.24) is 25.0 Å². The molecule has 0 unspecified atom stereocenters. The molecule has 0 atom stereocenters. The third kappa shape index (κ3) is 3.80. The molecule has 1 aromatic carbocycles. The molecule has 0 saturated carbocycles. The lowest BCUT2D eigenvalue weighted by Crippen LogP contribution is -2.39. The van der Waals surface area contributed by atoms with Crippen LogP contribution in [0.4, 0.5) is 0 Å². The van der Waals surface area contributed by atoms with Gasteiger partial charge < -0.3 is 19.5 Å². The third-order valence-electron chi connectivity index (χ3n) is 5.45. The Morgan fingerprint density at radius 1 is 1.22 bits per heavy atom. The lowest BCUT2D eigenvalue weighted by atomic mass is 9.95. The van der Waals surface area contributed by atoms with E-state index in [1.54, 1.807) is 7.11 Å². The normalized spacial score (nSPS) is 17.2. The lowest BCUT2D eigenvalue weighted by molar-refractivity contribution is 0.0709. The van der Waals surface area contributed by atoms with Gasteiger partial charge in [0.15, 0.2) is 0 Å². The summed E-state index contributed by atoms with van der Waals surface area (Å²) in [5.74, 6) is 3.33. The molecule has 1 fully saturated rings. The van der Waals surface area contributed by atoms with E-state index in [-0.39, 0.29) is 18.3 Å². The van der Waals surface area contributed by atoms with Gasteiger partial charge in [-0.05, 0) is 37.5 Å². The average molecular weight is 392 g/mol. The van der Waals surface area contributed by atoms with Crippen molar-refractivity contribution in [2.45, 2.75) is 38.8 Å². The molecule has 4 rings (SSSR count). The number of aryl methyl sites for hydroxylation is 1. The summed E-state index contributed by atoms with van der Waals surface area (Å²) in [5, 5.41) is 12.1. The summed E-state index contributed by atoms with van der Waals surface area (Å²) in [5.41, 5.74) is 1.73. The fourth-order valence-electron chi connectivity index (χ4n) is 3.89. The SMILES string of the molecule is COc1cc(C(=O)N2CCC(c3nnc4n3CCNC4)CC2)ccc1C.Cl. The highest BCUT2D eigenvalue weighted by molar-refractivity contribution is 5.94. The molecule has 0 aliphatic carbocycles. The Hall–Kier alpha value is -2.12. The molecule has 1 N–H and O–H groups in total. The number of carbonyl (C=O) groups excluding carboxylic acids is 1. The van der Waals surface area contributed by atoms with Crippen molar-refractivity contribution in [2.75, 3.05) is 26.7 Å². The summed E-state index contributed by atoms with van der Waals surface area (Å²) in [4.78, 5) is 14.8. The maximum atomic E-state index is 12.8. The third-order valence-corrected chi connectivity index (χ3v) is 5.45. The standard InChI is InChI=1S/C19H25N5O2.ClH/c1-13-3-4-15(11-16(13)26-2)19(25)23-8-5-14(6-9-23)18-22-21-17-12-20-7-10-24(17)18;/h3-4,11,14,20H,5-10,12H2,1-2H3;1H. The fourth-order valence-corrected chi connectivity index (χ4v) is 3.89. The lowest BCUT2D eigenvalue weighted by Gasteiger charge is -2.32. The Morgan fingerprint density at radius 3 is 2.74 bits per heavy atom. The Morgan fingerprint density at radius 2 is 2.00 bits per heavy atom. The van der Waals surface area contributed by atoms with Gasteiger partial charge in [0, 0.05) is 37.7 Å². The highest BCUT2D eigenvalue weighted by Gasteiger charge is 2.29. The molecular weight excluding hydrogens is 366 g/mol. The number of carbonyl (C=O) groups is 1. The number of hydrogen-bond donors (Lipinski definition) is 1. The number of hydrogen-bond acceptors (Lipinski definition) is 5. The topological polar surface area (TPSA) is 72.3 Å². The first-order valence-electron chi connectivity index (χ1n) is 9.24. The second-order valence-electron chi connectivity index (χ2n) is 7.05. The van der Waals surface area contributed by atoms with Crippen molar-refractivity contribution in [1.29, 1.82) is 0 Å². The number of rotatable bonds is 3. The van der Waals surface area contributed by atoms with Crippen LogP contribution in [-0.2, 0) is 13.1 Å². The molecule has 1 aromatic heterocycles. The molecule has 146 valence electrons. The molecule has 2 aliphatic rings. The molecule has 1 amide bonds. The van der Waals surface area contributed by atoms with Gasteiger partial charge in [-0.25, -0.2) is 0 Å². The molecule has 3 heterocycles. The van der Waals surface area contributed by atoms with E-state index in [1.165, 1.54) is 0 Å². The molecule has 0 bridgehead atoms. The minimum atomic E-state index is 0. The van der Waals surface area contributed by atoms with Crippen molar-refractivity contribution >= 4 is 18.3 Å². The summed E-state index contributed by atoms with van der Waals surface area (Å²) >= 11 is 0. The van der Waals surface area contributed by atoms with Gasteiger partial charge in [-0.2, -0.15) is 0 Å². The molecule has 0 radical (unpaired) electrons. The van der Waals surface area contributed by atoms with E-state index in [2.05, 4.69) is 20.1 Å². The van der Waals surface area contributed by atoms with Gasteiger partial charge in [0.05, 0.1) is 13.7 Å². The van der Waals surface area contributed by atoms with Crippen LogP contribution in [0.15, 0.2) is 18.2 Å². The van der Waals surface area contributed by atoms with Gasteiger partial charge in [-0.1, -0.05) is 6.07 Å². The highest BCUT2D eigenvalue weighted by Crippen LogP contribution is 2.29. The largest absolute Gasteiger partial charge is 0.496 e. The monoisotopic (exact) mass is 391 g/mol. The molecule has 2 aliphatic heterocycles. The minimum absolute atomic E-state index is 0. The molecular formula is C19H26ClN5O2. The number of likely N-dealkylation sites (tertiary alicyclic amines) is 1. The zero-order chi connectivity index (χ0) is 18.1. The van der Waals surface area contributed by atoms with E-state index in [4.69, 9.17) is 4.74 Å². The fraction of sp³-hybridized carbons (Fsp3) is 0.526. The number of halogens is 1. The number of benzene rings is 1. The van der Waals surface area contributed by atoms with E-state index in [9.17, 15) is 4.79 Å². The molecule has 2 aromatic rings. The molecule has 8 heteroatoms. The van der Waals surface area contributed by atoms with Crippen molar-refractivity contribution in [3.8, 4) is 5.75 Å². The number of piperidine rings is 1. The van der Waals surface area contributed by atoms with Gasteiger partial charge in [0.25, 0.3) is 5.91 Å². The van der Waals surface area contributed by atoms with Crippen LogP contribution < -0.4 is 10.1 Å². The number of nitrogens with one attached hydrogen (secondary N) is 1. The minimum Gasteiger partial charge on any atom is -0.496 e. The van der Waals surface area contributed by atoms with Crippen molar-refractivity contribution < 1.29 is 9.53 Å². The van der Waals surface area contributed by atoms with Gasteiger partial charge in [-0.15, -0.1) is 22.6 Å². The quantitative estimate of drug-likeness (QED) is 0.867. The van der Waals surface area contributed by atoms with Crippen LogP contribution >= 0.6 is 12.4 Å². The Balaban J connectivity index is 0.00000210. The highest BCUT2D eigenvalue weighted by atomic mass is 35.5. The van der Waals surface area contributed by atoms with Crippen LogP contribution in [0.1, 0.15) is 46.3 Å². The van der Waals surface area contributed by atoms with Crippen LogP contribution in [-0.4, -0.2) is 52.3 Å². The predicted octanol–water partition coefficient (Wildman–Crippen LogP) is 2.14. The Bertz CT molecular complexity index is 814. The summed E-state index contributed by atoms with van der Waals surface area (Å²) in [6.07, 6.45) is 1.86. The van der Waals surface area contributed by atoms with E-state index >= 15 is 0 Å². The van der Waals surface area contributed by atoms with Crippen LogP contribution in [0, 0.1) is 6.92 Å². The van der Waals surface area contributed by atoms with E-state index in [0.29, 0.717) is 11.5 Å². The first-order chi connectivity index (χ1) is 12.7. The van der Waals surface area contributed by atoms with Crippen LogP contribution in [0.25, 0.3) is 0 Å². The van der Waals surface area contributed by atoms with Gasteiger partial charge >= 0.3 is 0 Å². The first kappa shape index (κ1) is 19.6. The zero-order valence-corrected chi connectivity index (χ0v) is 16.6. The van der Waals surface area contributed by atoms with Crippen molar-refractivity contribution in [3.05, 3.63) is 41.0 Å². The smallest absolute Gasteiger partial charge is 0.253 e. The molecule has 27 heavy (non-hydrogen) atoms. The van der Waals surface area contributed by atoms with E-state index < -0.39 is 0 Å². The van der Waals surface area contributed by atoms with E-state index in [1.807, 2.05) is 30.0 Å². The van der Waals surface area contributed by atoms with Gasteiger partial charge in [0.2, 0.25) is 0 Å². The maximum absolute atomic E-state index is 12.8. The number of fused-ring (bicyclic) bond motifs is 1. The zero-order valence-electron chi connectivity index (χ0n) is 15.8. The average Bonchev–Trinajstić information content (AvgIpc) is 3.12. The van der Waals surface area contributed by atoms with E-state index in [0.717, 1.165) is 68.5 Å². The predicted molar refractivity (Wildman–Crippen MR) is 105 cm³/mol. The Labute approximate surface area is 165 Å². The first-order valence-corrected chi connectivity index (χ1v) is 9.24. The maximum Gasteiger partial charge on any atom is 0.253 e. The number of methoxy groups -OCH3 is 1. The summed E-state index contributed by atoms with van der Waals surface area (Å²) in [6.45, 7) is 6.16. The number of nitrogens with zero attached hydrogens (tertiary/aromatic N) is 4. The number of aromatic nitrogens is 3. The summed E-state index contributed by atoms with van der Waals surface area (Å²) in [6, 6.07) is 5.66. The second kappa shape index (κ2) is 8.27.